The molecule has 4 fully saturated rings. The maximum Gasteiger partial charge on any atom is 0.138 e. The van der Waals surface area contributed by atoms with E-state index in [4.69, 9.17) is 4.74 Å². The predicted molar refractivity (Wildman–Crippen MR) is 133 cm³/mol. The first kappa shape index (κ1) is 24.0. The first-order chi connectivity index (χ1) is 15.2. The Labute approximate surface area is 202 Å². The van der Waals surface area contributed by atoms with Gasteiger partial charge in [0.15, 0.2) is 0 Å². The number of hydrogen-bond donors (Lipinski definition) is 1. The Hall–Kier alpha value is -0.670. The molecule has 0 unspecified atom stereocenters. The predicted octanol–water partition coefficient (Wildman–Crippen LogP) is 6.73. The fourth-order valence-electron chi connectivity index (χ4n) is 9.97. The summed E-state index contributed by atoms with van der Waals surface area (Å²) in [6, 6.07) is 0. The van der Waals surface area contributed by atoms with Gasteiger partial charge in [0.1, 0.15) is 11.9 Å². The van der Waals surface area contributed by atoms with E-state index in [0.717, 1.165) is 25.7 Å². The molecule has 33 heavy (non-hydrogen) atoms. The number of Topliss-reactive ketones (excluding diaryl/α,β-unsaturated/α-hetero) is 1. The Morgan fingerprint density at radius 2 is 1.73 bits per heavy atom. The number of hydrogen-bond acceptors (Lipinski definition) is 3. The zero-order chi connectivity index (χ0) is 24.2. The Balaban J connectivity index is 1.41. The van der Waals surface area contributed by atoms with Crippen molar-refractivity contribution in [3.05, 3.63) is 11.6 Å². The van der Waals surface area contributed by atoms with E-state index in [2.05, 4.69) is 61.5 Å². The summed E-state index contributed by atoms with van der Waals surface area (Å²) >= 11 is 0. The zero-order valence-electron chi connectivity index (χ0n) is 22.5. The van der Waals surface area contributed by atoms with E-state index in [1.165, 1.54) is 25.7 Å². The van der Waals surface area contributed by atoms with E-state index >= 15 is 0 Å². The van der Waals surface area contributed by atoms with Crippen molar-refractivity contribution >= 4 is 5.78 Å². The lowest BCUT2D eigenvalue weighted by Gasteiger charge is -2.63. The lowest BCUT2D eigenvalue weighted by molar-refractivity contribution is -0.146. The van der Waals surface area contributed by atoms with Crippen molar-refractivity contribution in [1.29, 1.82) is 0 Å². The molecule has 3 nitrogen and oxygen atoms in total. The zero-order valence-corrected chi connectivity index (χ0v) is 22.5. The van der Waals surface area contributed by atoms with Crippen molar-refractivity contribution in [2.24, 2.45) is 45.3 Å². The molecule has 186 valence electrons. The maximum atomic E-state index is 12.8. The van der Waals surface area contributed by atoms with Gasteiger partial charge in [0.25, 0.3) is 0 Å². The SMILES string of the molecule is C[C@@H](C[C@@H](O)[C@@H]1OC1(C)C)[C@H]1CC[C@@]2(C)C3=CC[C@H]4C(C)(C)C(=O)CC[C@]4(C)[C@H]3CC[C@]12C. The summed E-state index contributed by atoms with van der Waals surface area (Å²) in [6.07, 6.45) is 11.1. The van der Waals surface area contributed by atoms with Crippen molar-refractivity contribution in [3.8, 4) is 0 Å². The molecule has 3 heteroatoms. The third-order valence-electron chi connectivity index (χ3n) is 12.4. The summed E-state index contributed by atoms with van der Waals surface area (Å²) in [4.78, 5) is 12.8. The molecular weight excluding hydrogens is 408 g/mol. The number of aliphatic hydroxyl groups excluding tert-OH is 1. The number of fused-ring (bicyclic) bond motifs is 5. The molecular formula is C30H48O3. The first-order valence-corrected chi connectivity index (χ1v) is 13.8. The molecule has 9 atom stereocenters. The third kappa shape index (κ3) is 3.16. The van der Waals surface area contributed by atoms with Crippen molar-refractivity contribution in [2.45, 2.75) is 125 Å². The molecule has 1 saturated heterocycles. The summed E-state index contributed by atoms with van der Waals surface area (Å²) in [7, 11) is 0. The lowest BCUT2D eigenvalue weighted by Crippen LogP contribution is -2.57. The number of carbonyl (C=O) groups excluding carboxylic acids is 1. The molecule has 0 aromatic carbocycles. The van der Waals surface area contributed by atoms with Crippen molar-refractivity contribution in [3.63, 3.8) is 0 Å². The Bertz CT molecular complexity index is 870. The molecule has 5 aliphatic rings. The maximum absolute atomic E-state index is 12.8. The second kappa shape index (κ2) is 7.19. The van der Waals surface area contributed by atoms with Crippen molar-refractivity contribution in [2.75, 3.05) is 0 Å². The second-order valence-electron chi connectivity index (χ2n) is 14.5. The summed E-state index contributed by atoms with van der Waals surface area (Å²) in [5.74, 6) is 2.73. The van der Waals surface area contributed by atoms with Gasteiger partial charge >= 0.3 is 0 Å². The fraction of sp³-hybridized carbons (Fsp3) is 0.900. The minimum Gasteiger partial charge on any atom is -0.390 e. The normalized spacial score (nSPS) is 49.4. The Kier molecular flexibility index (Phi) is 5.24. The molecule has 1 aliphatic heterocycles. The van der Waals surface area contributed by atoms with Gasteiger partial charge in [-0.1, -0.05) is 53.2 Å². The topological polar surface area (TPSA) is 49.8 Å². The minimum absolute atomic E-state index is 0.00609. The summed E-state index contributed by atoms with van der Waals surface area (Å²) < 4.78 is 5.75. The highest BCUT2D eigenvalue weighted by Crippen LogP contribution is 2.73. The smallest absolute Gasteiger partial charge is 0.138 e. The van der Waals surface area contributed by atoms with Gasteiger partial charge in [-0.05, 0) is 98.7 Å². The first-order valence-electron chi connectivity index (χ1n) is 13.8. The van der Waals surface area contributed by atoms with Crippen molar-refractivity contribution in [1.82, 2.24) is 0 Å². The highest BCUT2D eigenvalue weighted by Gasteiger charge is 2.65. The van der Waals surface area contributed by atoms with Crippen LogP contribution in [0.4, 0.5) is 0 Å². The van der Waals surface area contributed by atoms with E-state index in [9.17, 15) is 9.90 Å². The van der Waals surface area contributed by atoms with Crippen LogP contribution in [0, 0.1) is 45.3 Å². The fourth-order valence-corrected chi connectivity index (χ4v) is 9.97. The van der Waals surface area contributed by atoms with Gasteiger partial charge in [-0.25, -0.2) is 0 Å². The second-order valence-corrected chi connectivity index (χ2v) is 14.5. The molecule has 1 N–H and O–H groups in total. The van der Waals surface area contributed by atoms with Crippen LogP contribution in [-0.2, 0) is 9.53 Å². The Morgan fingerprint density at radius 3 is 2.36 bits per heavy atom. The Morgan fingerprint density at radius 1 is 1.06 bits per heavy atom. The molecule has 0 bridgehead atoms. The molecule has 5 rings (SSSR count). The number of allylic oxidation sites excluding steroid dienone is 2. The summed E-state index contributed by atoms with van der Waals surface area (Å²) in [6.45, 7) is 18.7. The lowest BCUT2D eigenvalue weighted by atomic mass is 9.41. The summed E-state index contributed by atoms with van der Waals surface area (Å²) in [5, 5.41) is 10.9. The molecule has 0 aromatic heterocycles. The minimum atomic E-state index is -0.350. The number of epoxide rings is 1. The summed E-state index contributed by atoms with van der Waals surface area (Å²) in [5.41, 5.74) is 2.17. The highest BCUT2D eigenvalue weighted by atomic mass is 16.6. The van der Waals surface area contributed by atoms with Crippen LogP contribution in [0.1, 0.15) is 107 Å². The highest BCUT2D eigenvalue weighted by molar-refractivity contribution is 5.85. The van der Waals surface area contributed by atoms with Gasteiger partial charge < -0.3 is 9.84 Å². The number of ketones is 1. The van der Waals surface area contributed by atoms with E-state index in [1.807, 2.05) is 0 Å². The average molecular weight is 457 g/mol. The average Bonchev–Trinajstić information content (AvgIpc) is 3.26. The molecule has 0 radical (unpaired) electrons. The molecule has 0 aromatic rings. The van der Waals surface area contributed by atoms with Crippen LogP contribution in [0.3, 0.4) is 0 Å². The van der Waals surface area contributed by atoms with Crippen LogP contribution >= 0.6 is 0 Å². The monoisotopic (exact) mass is 456 g/mol. The molecule has 4 aliphatic carbocycles. The number of ether oxygens (including phenoxy) is 1. The van der Waals surface area contributed by atoms with E-state index in [-0.39, 0.29) is 39.5 Å². The quantitative estimate of drug-likeness (QED) is 0.377. The van der Waals surface area contributed by atoms with Gasteiger partial charge in [-0.15, -0.1) is 0 Å². The third-order valence-corrected chi connectivity index (χ3v) is 12.4. The molecule has 1 heterocycles. The van der Waals surface area contributed by atoms with Crippen LogP contribution in [-0.4, -0.2) is 28.7 Å². The van der Waals surface area contributed by atoms with Gasteiger partial charge in [0, 0.05) is 11.8 Å². The van der Waals surface area contributed by atoms with Crippen LogP contribution < -0.4 is 0 Å². The molecule has 0 amide bonds. The van der Waals surface area contributed by atoms with Crippen LogP contribution in [0.2, 0.25) is 0 Å². The van der Waals surface area contributed by atoms with Crippen LogP contribution in [0.5, 0.6) is 0 Å². The van der Waals surface area contributed by atoms with Gasteiger partial charge in [0.05, 0.1) is 11.7 Å². The number of rotatable bonds is 4. The van der Waals surface area contributed by atoms with Gasteiger partial charge in [-0.2, -0.15) is 0 Å². The number of aliphatic hydroxyl groups is 1. The van der Waals surface area contributed by atoms with Gasteiger partial charge in [0.2, 0.25) is 0 Å². The van der Waals surface area contributed by atoms with Crippen LogP contribution in [0.15, 0.2) is 11.6 Å². The van der Waals surface area contributed by atoms with E-state index in [1.54, 1.807) is 5.57 Å². The van der Waals surface area contributed by atoms with E-state index in [0.29, 0.717) is 29.5 Å². The van der Waals surface area contributed by atoms with E-state index < -0.39 is 0 Å². The largest absolute Gasteiger partial charge is 0.390 e. The van der Waals surface area contributed by atoms with Crippen molar-refractivity contribution < 1.29 is 14.6 Å². The molecule has 3 saturated carbocycles. The standard InChI is InChI=1S/C30H48O3/c1-18(17-22(31)25-27(4,5)33-25)19-11-15-30(8)21-9-10-23-26(2,3)24(32)13-14-28(23,6)20(21)12-16-29(19,30)7/h9,18-20,22-23,25,31H,10-17H2,1-8H3/t18-,19+,20-,22+,23-,25-,28+,29+,30-/m0/s1. The number of carbonyl (C=O) groups is 1. The molecule has 0 spiro atoms. The van der Waals surface area contributed by atoms with Gasteiger partial charge in [-0.3, -0.25) is 4.79 Å². The van der Waals surface area contributed by atoms with Crippen LogP contribution in [0.25, 0.3) is 0 Å².